The Morgan fingerprint density at radius 2 is 1.87 bits per heavy atom. The predicted molar refractivity (Wildman–Crippen MR) is 146 cm³/mol. The fraction of sp³-hybridized carbons (Fsp3) is 0.464. The molecule has 0 aliphatic carbocycles. The SMILES string of the molecule is CCOC(O)c1cnn(C2CCCN(c3cc(Cl)ccc3-c3ccc(N4CCNCC4)cc3)C2)c1C(F)F. The lowest BCUT2D eigenvalue weighted by Gasteiger charge is -2.36. The lowest BCUT2D eigenvalue weighted by atomic mass is 9.99. The zero-order valence-electron chi connectivity index (χ0n) is 21.5. The highest BCUT2D eigenvalue weighted by Gasteiger charge is 2.31. The van der Waals surface area contributed by atoms with E-state index in [1.54, 1.807) is 6.92 Å². The molecule has 204 valence electrons. The van der Waals surface area contributed by atoms with Crippen molar-refractivity contribution in [2.24, 2.45) is 0 Å². The van der Waals surface area contributed by atoms with Crippen LogP contribution >= 0.6 is 11.6 Å². The summed E-state index contributed by atoms with van der Waals surface area (Å²) in [4.78, 5) is 4.58. The topological polar surface area (TPSA) is 65.8 Å². The molecule has 2 fully saturated rings. The van der Waals surface area contributed by atoms with Gasteiger partial charge >= 0.3 is 0 Å². The van der Waals surface area contributed by atoms with Crippen molar-refractivity contribution < 1.29 is 18.6 Å². The van der Waals surface area contributed by atoms with Gasteiger partial charge in [0.05, 0.1) is 17.8 Å². The summed E-state index contributed by atoms with van der Waals surface area (Å²) in [5.74, 6) is 0. The van der Waals surface area contributed by atoms with E-state index < -0.39 is 12.7 Å². The summed E-state index contributed by atoms with van der Waals surface area (Å²) in [6.07, 6.45) is -1.40. The summed E-state index contributed by atoms with van der Waals surface area (Å²) < 4.78 is 34.8. The Kier molecular flexibility index (Phi) is 8.48. The Bertz CT molecular complexity index is 1220. The van der Waals surface area contributed by atoms with Gasteiger partial charge in [-0.3, -0.25) is 4.68 Å². The van der Waals surface area contributed by atoms with Gasteiger partial charge in [-0.25, -0.2) is 8.78 Å². The molecule has 0 radical (unpaired) electrons. The van der Waals surface area contributed by atoms with Crippen LogP contribution in [-0.4, -0.2) is 60.8 Å². The Hall–Kier alpha value is -2.72. The van der Waals surface area contributed by atoms with Crippen molar-refractivity contribution in [2.75, 3.05) is 55.7 Å². The molecule has 7 nitrogen and oxygen atoms in total. The van der Waals surface area contributed by atoms with Gasteiger partial charge in [-0.05, 0) is 49.6 Å². The van der Waals surface area contributed by atoms with E-state index in [0.29, 0.717) is 18.0 Å². The first-order valence-corrected chi connectivity index (χ1v) is 13.6. The summed E-state index contributed by atoms with van der Waals surface area (Å²) in [6.45, 7) is 7.12. The quantitative estimate of drug-likeness (QED) is 0.369. The Morgan fingerprint density at radius 1 is 1.11 bits per heavy atom. The van der Waals surface area contributed by atoms with Crippen LogP contribution in [0.5, 0.6) is 0 Å². The minimum absolute atomic E-state index is 0.0204. The molecular weight excluding hydrogens is 512 g/mol. The molecule has 3 aromatic rings. The molecule has 2 aromatic carbocycles. The highest BCUT2D eigenvalue weighted by Crippen LogP contribution is 2.38. The largest absolute Gasteiger partial charge is 0.369 e. The summed E-state index contributed by atoms with van der Waals surface area (Å²) in [7, 11) is 0. The third-order valence-corrected chi connectivity index (χ3v) is 7.60. The number of halogens is 3. The number of hydrogen-bond donors (Lipinski definition) is 2. The van der Waals surface area contributed by atoms with Gasteiger partial charge in [0.2, 0.25) is 0 Å². The minimum atomic E-state index is -2.78. The van der Waals surface area contributed by atoms with E-state index in [2.05, 4.69) is 44.5 Å². The lowest BCUT2D eigenvalue weighted by molar-refractivity contribution is -0.0998. The number of hydrogen-bond acceptors (Lipinski definition) is 6. The first-order chi connectivity index (χ1) is 18.5. The number of anilines is 2. The third kappa shape index (κ3) is 5.66. The molecule has 10 heteroatoms. The second kappa shape index (κ2) is 12.0. The van der Waals surface area contributed by atoms with E-state index in [-0.39, 0.29) is 23.9 Å². The normalized spacial score (nSPS) is 19.3. The van der Waals surface area contributed by atoms with E-state index in [0.717, 1.165) is 56.0 Å². The molecule has 1 aromatic heterocycles. The van der Waals surface area contributed by atoms with E-state index in [1.165, 1.54) is 16.6 Å². The summed E-state index contributed by atoms with van der Waals surface area (Å²) >= 11 is 6.44. The van der Waals surface area contributed by atoms with Crippen LogP contribution in [0, 0.1) is 0 Å². The van der Waals surface area contributed by atoms with Crippen molar-refractivity contribution in [3.05, 3.63) is 64.9 Å². The lowest BCUT2D eigenvalue weighted by Crippen LogP contribution is -2.43. The van der Waals surface area contributed by atoms with Crippen molar-refractivity contribution in [2.45, 2.75) is 38.5 Å². The second-order valence-corrected chi connectivity index (χ2v) is 10.2. The number of rotatable bonds is 8. The molecule has 2 saturated heterocycles. The first kappa shape index (κ1) is 26.9. The molecule has 2 atom stereocenters. The van der Waals surface area contributed by atoms with Crippen LogP contribution in [0.3, 0.4) is 0 Å². The van der Waals surface area contributed by atoms with Crippen LogP contribution in [-0.2, 0) is 4.74 Å². The number of nitrogens with zero attached hydrogens (tertiary/aromatic N) is 4. The number of ether oxygens (including phenoxy) is 1. The van der Waals surface area contributed by atoms with Crippen molar-refractivity contribution in [3.63, 3.8) is 0 Å². The van der Waals surface area contributed by atoms with Crippen LogP contribution < -0.4 is 15.1 Å². The van der Waals surface area contributed by atoms with E-state index in [4.69, 9.17) is 16.3 Å². The van der Waals surface area contributed by atoms with Gasteiger partial charge in [0.25, 0.3) is 6.43 Å². The Morgan fingerprint density at radius 3 is 2.58 bits per heavy atom. The van der Waals surface area contributed by atoms with Crippen molar-refractivity contribution in [3.8, 4) is 11.1 Å². The molecule has 2 aliphatic rings. The van der Waals surface area contributed by atoms with E-state index >= 15 is 0 Å². The monoisotopic (exact) mass is 545 g/mol. The predicted octanol–water partition coefficient (Wildman–Crippen LogP) is 5.42. The van der Waals surface area contributed by atoms with Crippen LogP contribution in [0.4, 0.5) is 20.2 Å². The second-order valence-electron chi connectivity index (χ2n) is 9.73. The fourth-order valence-electron chi connectivity index (χ4n) is 5.50. The van der Waals surface area contributed by atoms with E-state index in [1.807, 2.05) is 18.2 Å². The van der Waals surface area contributed by atoms with Crippen LogP contribution in [0.25, 0.3) is 11.1 Å². The van der Waals surface area contributed by atoms with Gasteiger partial charge in [0.1, 0.15) is 5.69 Å². The molecule has 3 heterocycles. The van der Waals surface area contributed by atoms with Crippen LogP contribution in [0.1, 0.15) is 49.8 Å². The van der Waals surface area contributed by atoms with Crippen molar-refractivity contribution in [1.29, 1.82) is 0 Å². The number of nitrogens with one attached hydrogen (secondary N) is 1. The van der Waals surface area contributed by atoms with Gasteiger partial charge in [-0.15, -0.1) is 0 Å². The average Bonchev–Trinajstić information content (AvgIpc) is 3.40. The standard InChI is InChI=1S/C28H34ClF2N5O2/c1-2-38-28(37)24-17-33-36(26(24)27(30)31)22-4-3-13-35(18-22)25-16-20(29)7-10-23(25)19-5-8-21(9-6-19)34-14-11-32-12-15-34/h5-10,16-17,22,27-28,32,37H,2-4,11-15,18H2,1H3. The average molecular weight is 546 g/mol. The maximum atomic E-state index is 14.1. The zero-order chi connectivity index (χ0) is 26.6. The highest BCUT2D eigenvalue weighted by molar-refractivity contribution is 6.31. The molecule has 0 amide bonds. The van der Waals surface area contributed by atoms with Gasteiger partial charge < -0.3 is 25.0 Å². The maximum absolute atomic E-state index is 14.1. The smallest absolute Gasteiger partial charge is 0.280 e. The fourth-order valence-corrected chi connectivity index (χ4v) is 5.66. The highest BCUT2D eigenvalue weighted by atomic mass is 35.5. The Balaban J connectivity index is 1.42. The zero-order valence-corrected chi connectivity index (χ0v) is 22.2. The van der Waals surface area contributed by atoms with Gasteiger partial charge in [0, 0.05) is 67.8 Å². The number of aliphatic hydroxyl groups is 1. The summed E-state index contributed by atoms with van der Waals surface area (Å²) in [5, 5.41) is 18.5. The maximum Gasteiger partial charge on any atom is 0.280 e. The van der Waals surface area contributed by atoms with Gasteiger partial charge in [-0.1, -0.05) is 29.8 Å². The van der Waals surface area contributed by atoms with Crippen LogP contribution in [0.15, 0.2) is 48.7 Å². The number of aliphatic hydroxyl groups excluding tert-OH is 1. The van der Waals surface area contributed by atoms with E-state index in [9.17, 15) is 13.9 Å². The molecule has 38 heavy (non-hydrogen) atoms. The molecule has 2 aliphatic heterocycles. The molecule has 5 rings (SSSR count). The van der Waals surface area contributed by atoms with Gasteiger partial charge in [0.15, 0.2) is 6.29 Å². The first-order valence-electron chi connectivity index (χ1n) is 13.2. The molecule has 0 bridgehead atoms. The Labute approximate surface area is 226 Å². The number of benzene rings is 2. The third-order valence-electron chi connectivity index (χ3n) is 7.36. The molecule has 2 N–H and O–H groups in total. The number of piperidine rings is 1. The number of alkyl halides is 2. The molecule has 2 unspecified atom stereocenters. The van der Waals surface area contributed by atoms with Gasteiger partial charge in [-0.2, -0.15) is 5.10 Å². The summed E-state index contributed by atoms with van der Waals surface area (Å²) in [6, 6.07) is 14.2. The number of piperazine rings is 1. The minimum Gasteiger partial charge on any atom is -0.369 e. The molecule has 0 spiro atoms. The summed E-state index contributed by atoms with van der Waals surface area (Å²) in [5.41, 5.74) is 4.03. The number of aromatic nitrogens is 2. The van der Waals surface area contributed by atoms with Crippen molar-refractivity contribution in [1.82, 2.24) is 15.1 Å². The molecular formula is C28H34ClF2N5O2. The molecule has 0 saturated carbocycles. The van der Waals surface area contributed by atoms with Crippen molar-refractivity contribution >= 4 is 23.0 Å². The van der Waals surface area contributed by atoms with Crippen LogP contribution in [0.2, 0.25) is 5.02 Å².